The second kappa shape index (κ2) is 4.97. The molecule has 6 atom stereocenters. The normalized spacial score (nSPS) is 50.9. The van der Waals surface area contributed by atoms with E-state index in [0.717, 1.165) is 42.9 Å². The zero-order valence-electron chi connectivity index (χ0n) is 14.4. The number of aliphatic hydroxyl groups is 1. The Labute approximate surface area is 135 Å². The fraction of sp³-hybridized carbons (Fsp3) is 0.810. The lowest BCUT2D eigenvalue weighted by atomic mass is 9.48. The van der Waals surface area contributed by atoms with Gasteiger partial charge in [-0.1, -0.05) is 30.7 Å². The van der Waals surface area contributed by atoms with Crippen molar-refractivity contribution in [3.05, 3.63) is 23.8 Å². The van der Waals surface area contributed by atoms with Gasteiger partial charge in [0.05, 0.1) is 5.60 Å². The Kier molecular flexibility index (Phi) is 3.39. The summed E-state index contributed by atoms with van der Waals surface area (Å²) in [4.78, 5) is 0. The van der Waals surface area contributed by atoms with Gasteiger partial charge >= 0.3 is 0 Å². The van der Waals surface area contributed by atoms with E-state index in [1.165, 1.54) is 44.1 Å². The van der Waals surface area contributed by atoms with Gasteiger partial charge in [0.25, 0.3) is 0 Å². The van der Waals surface area contributed by atoms with Crippen LogP contribution in [0.5, 0.6) is 0 Å². The number of hydrogen-bond donors (Lipinski definition) is 1. The number of allylic oxidation sites excluding steroid dienone is 3. The summed E-state index contributed by atoms with van der Waals surface area (Å²) in [5, 5.41) is 11.1. The molecule has 1 heteroatoms. The van der Waals surface area contributed by atoms with E-state index in [1.807, 2.05) is 0 Å². The van der Waals surface area contributed by atoms with E-state index in [9.17, 15) is 5.11 Å². The molecule has 4 rings (SSSR count). The summed E-state index contributed by atoms with van der Waals surface area (Å²) in [7, 11) is 0. The van der Waals surface area contributed by atoms with Gasteiger partial charge in [-0.25, -0.2) is 0 Å². The molecule has 1 N–H and O–H groups in total. The molecule has 0 spiro atoms. The molecule has 0 bridgehead atoms. The van der Waals surface area contributed by atoms with Crippen LogP contribution < -0.4 is 0 Å². The van der Waals surface area contributed by atoms with Crippen LogP contribution in [0.1, 0.15) is 71.6 Å². The summed E-state index contributed by atoms with van der Waals surface area (Å²) in [5.74, 6) is 3.03. The first-order chi connectivity index (χ1) is 10.5. The average Bonchev–Trinajstić information content (AvgIpc) is 2.78. The Morgan fingerprint density at radius 3 is 2.91 bits per heavy atom. The zero-order valence-corrected chi connectivity index (χ0v) is 14.4. The minimum atomic E-state index is -0.483. The van der Waals surface area contributed by atoms with Crippen molar-refractivity contribution in [3.8, 4) is 0 Å². The lowest BCUT2D eigenvalue weighted by molar-refractivity contribution is -0.102. The molecule has 0 saturated heterocycles. The van der Waals surface area contributed by atoms with Crippen LogP contribution in [0.15, 0.2) is 23.8 Å². The molecule has 122 valence electrons. The molecule has 0 aromatic rings. The lowest BCUT2D eigenvalue weighted by Gasteiger charge is -2.57. The van der Waals surface area contributed by atoms with Crippen molar-refractivity contribution in [1.29, 1.82) is 0 Å². The molecule has 0 heterocycles. The highest BCUT2D eigenvalue weighted by Crippen LogP contribution is 2.67. The minimum absolute atomic E-state index is 0.112. The molecule has 0 radical (unpaired) electrons. The molecule has 1 nitrogen and oxygen atoms in total. The SMILES string of the molecule is C=C1CC2(CC)[C@@H](CC[C@]2(C)O)C2CCC3=CCCCC3[C@@H]12. The standard InChI is InChI=1S/C21H32O/c1-4-21-13-14(2)19-16-8-6-5-7-15(16)9-10-17(19)18(21)11-12-20(21,3)22/h7,16-19,22H,2,4-6,8-13H2,1,3H3/t16?,17?,18-,19+,20-,21?/m0/s1. The molecule has 0 amide bonds. The van der Waals surface area contributed by atoms with Crippen LogP contribution in [0.2, 0.25) is 0 Å². The van der Waals surface area contributed by atoms with Crippen LogP contribution in [0.25, 0.3) is 0 Å². The first-order valence-corrected chi connectivity index (χ1v) is 9.59. The maximum absolute atomic E-state index is 11.1. The second-order valence-electron chi connectivity index (χ2n) is 8.81. The highest BCUT2D eigenvalue weighted by Gasteiger charge is 2.62. The van der Waals surface area contributed by atoms with E-state index in [0.29, 0.717) is 0 Å². The minimum Gasteiger partial charge on any atom is -0.390 e. The monoisotopic (exact) mass is 300 g/mol. The van der Waals surface area contributed by atoms with Crippen molar-refractivity contribution in [2.45, 2.75) is 77.2 Å². The van der Waals surface area contributed by atoms with Crippen LogP contribution >= 0.6 is 0 Å². The van der Waals surface area contributed by atoms with Crippen LogP contribution in [-0.2, 0) is 0 Å². The molecular formula is C21H32O. The van der Waals surface area contributed by atoms with Gasteiger partial charge < -0.3 is 5.11 Å². The summed E-state index contributed by atoms with van der Waals surface area (Å²) < 4.78 is 0. The Morgan fingerprint density at radius 2 is 2.14 bits per heavy atom. The smallest absolute Gasteiger partial charge is 0.0681 e. The molecule has 3 unspecified atom stereocenters. The van der Waals surface area contributed by atoms with Crippen LogP contribution in [0.3, 0.4) is 0 Å². The fourth-order valence-electron chi connectivity index (χ4n) is 7.11. The van der Waals surface area contributed by atoms with Gasteiger partial charge in [0, 0.05) is 5.41 Å². The topological polar surface area (TPSA) is 20.2 Å². The van der Waals surface area contributed by atoms with E-state index in [1.54, 1.807) is 5.57 Å². The van der Waals surface area contributed by atoms with Crippen LogP contribution in [0, 0.1) is 29.1 Å². The Morgan fingerprint density at radius 1 is 1.32 bits per heavy atom. The van der Waals surface area contributed by atoms with Crippen LogP contribution in [-0.4, -0.2) is 10.7 Å². The number of rotatable bonds is 1. The van der Waals surface area contributed by atoms with Crippen LogP contribution in [0.4, 0.5) is 0 Å². The molecule has 0 aromatic heterocycles. The van der Waals surface area contributed by atoms with Crippen molar-refractivity contribution in [3.63, 3.8) is 0 Å². The van der Waals surface area contributed by atoms with Gasteiger partial charge in [0.1, 0.15) is 0 Å². The van der Waals surface area contributed by atoms with Crippen molar-refractivity contribution in [2.75, 3.05) is 0 Å². The molecule has 4 aliphatic rings. The molecule has 22 heavy (non-hydrogen) atoms. The summed E-state index contributed by atoms with van der Waals surface area (Å²) >= 11 is 0. The first-order valence-electron chi connectivity index (χ1n) is 9.59. The molecule has 0 aliphatic heterocycles. The zero-order chi connectivity index (χ0) is 15.5. The van der Waals surface area contributed by atoms with Crippen molar-refractivity contribution in [1.82, 2.24) is 0 Å². The number of fused-ring (bicyclic) bond motifs is 5. The third kappa shape index (κ3) is 1.81. The highest BCUT2D eigenvalue weighted by atomic mass is 16.3. The predicted molar refractivity (Wildman–Crippen MR) is 91.5 cm³/mol. The van der Waals surface area contributed by atoms with Gasteiger partial charge in [-0.05, 0) is 88.4 Å². The largest absolute Gasteiger partial charge is 0.390 e. The van der Waals surface area contributed by atoms with Gasteiger partial charge in [-0.2, -0.15) is 0 Å². The van der Waals surface area contributed by atoms with E-state index in [-0.39, 0.29) is 5.41 Å². The van der Waals surface area contributed by atoms with Gasteiger partial charge in [0.2, 0.25) is 0 Å². The van der Waals surface area contributed by atoms with Crippen molar-refractivity contribution < 1.29 is 5.11 Å². The first kappa shape index (κ1) is 15.0. The maximum Gasteiger partial charge on any atom is 0.0681 e. The maximum atomic E-state index is 11.1. The third-order valence-electron chi connectivity index (χ3n) is 8.15. The molecule has 3 fully saturated rings. The molecule has 3 saturated carbocycles. The summed E-state index contributed by atoms with van der Waals surface area (Å²) in [6, 6.07) is 0. The second-order valence-corrected chi connectivity index (χ2v) is 8.81. The Bertz CT molecular complexity index is 514. The van der Waals surface area contributed by atoms with Gasteiger partial charge in [-0.3, -0.25) is 0 Å². The Balaban J connectivity index is 1.73. The predicted octanol–water partition coefficient (Wildman–Crippen LogP) is 5.26. The Hall–Kier alpha value is -0.560. The molecular weight excluding hydrogens is 268 g/mol. The van der Waals surface area contributed by atoms with E-state index in [4.69, 9.17) is 0 Å². The lowest BCUT2D eigenvalue weighted by Crippen LogP contribution is -2.53. The van der Waals surface area contributed by atoms with Crippen molar-refractivity contribution in [2.24, 2.45) is 29.1 Å². The van der Waals surface area contributed by atoms with Gasteiger partial charge in [-0.15, -0.1) is 0 Å². The molecule has 0 aromatic carbocycles. The number of hydrogen-bond acceptors (Lipinski definition) is 1. The van der Waals surface area contributed by atoms with E-state index >= 15 is 0 Å². The summed E-state index contributed by atoms with van der Waals surface area (Å²) in [5.41, 5.74) is 2.86. The van der Waals surface area contributed by atoms with E-state index in [2.05, 4.69) is 26.5 Å². The fourth-order valence-corrected chi connectivity index (χ4v) is 7.11. The summed E-state index contributed by atoms with van der Waals surface area (Å²) in [6.45, 7) is 8.98. The van der Waals surface area contributed by atoms with Crippen molar-refractivity contribution >= 4 is 0 Å². The van der Waals surface area contributed by atoms with E-state index < -0.39 is 5.60 Å². The highest BCUT2D eigenvalue weighted by molar-refractivity contribution is 5.28. The molecule has 4 aliphatic carbocycles. The average molecular weight is 300 g/mol. The third-order valence-corrected chi connectivity index (χ3v) is 8.15. The quantitative estimate of drug-likeness (QED) is 0.655. The summed E-state index contributed by atoms with van der Waals surface area (Å²) in [6.07, 6.45) is 13.7. The van der Waals surface area contributed by atoms with Gasteiger partial charge in [0.15, 0.2) is 0 Å².